The van der Waals surface area contributed by atoms with Crippen molar-refractivity contribution >= 4 is 11.8 Å². The number of nitrogens with two attached hydrogens (primary N) is 1. The number of piperidine rings is 1. The second-order valence-corrected chi connectivity index (χ2v) is 11.4. The molecule has 0 radical (unpaired) electrons. The summed E-state index contributed by atoms with van der Waals surface area (Å²) in [5, 5.41) is 9.92. The number of carbonyl (C=O) groups is 2. The molecule has 2 N–H and O–H groups in total. The topological polar surface area (TPSA) is 99.7 Å². The van der Waals surface area contributed by atoms with Crippen LogP contribution in [0.25, 0.3) is 11.1 Å². The van der Waals surface area contributed by atoms with Crippen LogP contribution in [0.3, 0.4) is 0 Å². The third-order valence-electron chi connectivity index (χ3n) is 7.84. The van der Waals surface area contributed by atoms with Gasteiger partial charge in [-0.2, -0.15) is 5.26 Å². The molecule has 0 saturated carbocycles. The maximum absolute atomic E-state index is 15.2. The fourth-order valence-electron chi connectivity index (χ4n) is 5.64. The van der Waals surface area contributed by atoms with Gasteiger partial charge in [0.05, 0.1) is 23.8 Å². The Morgan fingerprint density at radius 3 is 2.54 bits per heavy atom. The molecule has 2 aromatic rings. The van der Waals surface area contributed by atoms with Gasteiger partial charge in [-0.15, -0.1) is 0 Å². The van der Waals surface area contributed by atoms with Gasteiger partial charge in [0.2, 0.25) is 5.91 Å². The van der Waals surface area contributed by atoms with Crippen LogP contribution in [0, 0.1) is 23.1 Å². The van der Waals surface area contributed by atoms with Crippen LogP contribution in [0.1, 0.15) is 62.4 Å². The van der Waals surface area contributed by atoms with Crippen molar-refractivity contribution < 1.29 is 23.1 Å². The van der Waals surface area contributed by atoms with Crippen LogP contribution in [-0.2, 0) is 4.79 Å². The summed E-state index contributed by atoms with van der Waals surface area (Å²) in [6.07, 6.45) is 2.78. The van der Waals surface area contributed by atoms with E-state index in [1.54, 1.807) is 45.0 Å². The van der Waals surface area contributed by atoms with Crippen LogP contribution < -0.4 is 10.5 Å². The molecule has 0 aliphatic carbocycles. The van der Waals surface area contributed by atoms with Gasteiger partial charge >= 0.3 is 0 Å². The number of carbonyl (C=O) groups excluding carboxylic acids is 2. The molecule has 7 nitrogen and oxygen atoms in total. The number of alkyl halides is 1. The highest BCUT2D eigenvalue weighted by molar-refractivity contribution is 6.04. The Balaban J connectivity index is 1.52. The Hall–Kier alpha value is -3.51. The average Bonchev–Trinajstić information content (AvgIpc) is 3.29. The summed E-state index contributed by atoms with van der Waals surface area (Å²) in [5.74, 6) is -1.17. The summed E-state index contributed by atoms with van der Waals surface area (Å²) in [6, 6.07) is 11.4. The molecule has 2 aromatic carbocycles. The third-order valence-corrected chi connectivity index (χ3v) is 7.84. The molecular weight excluding hydrogens is 502 g/mol. The first-order valence-corrected chi connectivity index (χ1v) is 13.4. The lowest BCUT2D eigenvalue weighted by Crippen LogP contribution is -2.54. The van der Waals surface area contributed by atoms with E-state index < -0.39 is 28.8 Å². The molecular formula is C30H36F2N4O3. The Kier molecular flexibility index (Phi) is 8.26. The largest absolute Gasteiger partial charge is 0.493 e. The number of nitriles is 1. The van der Waals surface area contributed by atoms with Crippen LogP contribution in [0.4, 0.5) is 8.78 Å². The lowest BCUT2D eigenvalue weighted by atomic mass is 9.92. The van der Waals surface area contributed by atoms with Gasteiger partial charge in [-0.3, -0.25) is 9.59 Å². The SMILES string of the molecule is CC(C)(F)CN1CCC(COc2ccc(-c3cccc(F)c3C(=O)N3CCC[C@@]3(C)C(N)=O)c(C#N)c2)CC1. The standard InChI is InChI=1S/C30H36F2N4O3/c1-29(2,32)19-35-14-10-20(11-15-35)18-39-22-8-9-23(21(16-22)17-33)24-6-4-7-25(31)26(24)27(37)36-13-5-12-30(36,3)28(34)38/h4,6-9,16,20H,5,10-15,18-19H2,1-3H3,(H2,34,38)/t30-/m0/s1. The lowest BCUT2D eigenvalue weighted by molar-refractivity contribution is -0.126. The zero-order valence-electron chi connectivity index (χ0n) is 22.8. The van der Waals surface area contributed by atoms with Crippen molar-refractivity contribution in [3.63, 3.8) is 0 Å². The van der Waals surface area contributed by atoms with Crippen molar-refractivity contribution in [3.05, 3.63) is 53.3 Å². The van der Waals surface area contributed by atoms with Gasteiger partial charge in [0, 0.05) is 18.7 Å². The first kappa shape index (κ1) is 28.5. The number of primary amides is 1. The van der Waals surface area contributed by atoms with Gasteiger partial charge in [0.1, 0.15) is 22.8 Å². The van der Waals surface area contributed by atoms with E-state index >= 15 is 4.39 Å². The van der Waals surface area contributed by atoms with Crippen LogP contribution in [0.15, 0.2) is 36.4 Å². The van der Waals surface area contributed by atoms with Gasteiger partial charge < -0.3 is 20.3 Å². The molecule has 2 saturated heterocycles. The van der Waals surface area contributed by atoms with E-state index in [4.69, 9.17) is 10.5 Å². The first-order valence-electron chi connectivity index (χ1n) is 13.4. The molecule has 2 aliphatic heterocycles. The van der Waals surface area contributed by atoms with Gasteiger partial charge in [-0.05, 0) is 95.3 Å². The van der Waals surface area contributed by atoms with Gasteiger partial charge in [-0.25, -0.2) is 8.78 Å². The van der Waals surface area contributed by atoms with E-state index in [-0.39, 0.29) is 23.2 Å². The molecule has 9 heteroatoms. The number of halogens is 2. The van der Waals surface area contributed by atoms with Gasteiger partial charge in [-0.1, -0.05) is 12.1 Å². The summed E-state index contributed by atoms with van der Waals surface area (Å²) < 4.78 is 35.1. The van der Waals surface area contributed by atoms with Crippen LogP contribution in [0.2, 0.25) is 0 Å². The van der Waals surface area contributed by atoms with E-state index in [2.05, 4.69) is 11.0 Å². The fourth-order valence-corrected chi connectivity index (χ4v) is 5.64. The molecule has 2 aliphatic rings. The predicted molar refractivity (Wildman–Crippen MR) is 144 cm³/mol. The second kappa shape index (κ2) is 11.3. The quantitative estimate of drug-likeness (QED) is 0.526. The Bertz CT molecular complexity index is 1280. The number of ether oxygens (including phenoxy) is 1. The normalized spacial score (nSPS) is 20.6. The molecule has 208 valence electrons. The lowest BCUT2D eigenvalue weighted by Gasteiger charge is -2.34. The molecule has 2 heterocycles. The van der Waals surface area contributed by atoms with Crippen LogP contribution >= 0.6 is 0 Å². The van der Waals surface area contributed by atoms with E-state index in [1.165, 1.54) is 17.0 Å². The van der Waals surface area contributed by atoms with Gasteiger partial charge in [0.15, 0.2) is 0 Å². The molecule has 2 amide bonds. The number of hydrogen-bond donors (Lipinski definition) is 1. The highest BCUT2D eigenvalue weighted by Gasteiger charge is 2.45. The van der Waals surface area contributed by atoms with E-state index in [1.807, 2.05) is 0 Å². The Morgan fingerprint density at radius 2 is 1.90 bits per heavy atom. The van der Waals surface area contributed by atoms with Crippen molar-refractivity contribution in [2.24, 2.45) is 11.7 Å². The third kappa shape index (κ3) is 6.22. The monoisotopic (exact) mass is 538 g/mol. The fraction of sp³-hybridized carbons (Fsp3) is 0.500. The van der Waals surface area contributed by atoms with Crippen molar-refractivity contribution in [3.8, 4) is 22.9 Å². The minimum atomic E-state index is -1.22. The summed E-state index contributed by atoms with van der Waals surface area (Å²) in [7, 11) is 0. The summed E-state index contributed by atoms with van der Waals surface area (Å²) in [6.45, 7) is 7.57. The van der Waals surface area contributed by atoms with Crippen molar-refractivity contribution in [1.82, 2.24) is 9.80 Å². The minimum absolute atomic E-state index is 0.194. The molecule has 0 unspecified atom stereocenters. The minimum Gasteiger partial charge on any atom is -0.493 e. The molecule has 0 aromatic heterocycles. The average molecular weight is 539 g/mol. The number of benzene rings is 2. The van der Waals surface area contributed by atoms with E-state index in [9.17, 15) is 19.2 Å². The van der Waals surface area contributed by atoms with Crippen LogP contribution in [0.5, 0.6) is 5.75 Å². The highest BCUT2D eigenvalue weighted by atomic mass is 19.1. The predicted octanol–water partition coefficient (Wildman–Crippen LogP) is 4.68. The summed E-state index contributed by atoms with van der Waals surface area (Å²) >= 11 is 0. The Morgan fingerprint density at radius 1 is 1.18 bits per heavy atom. The number of nitrogens with zero attached hydrogens (tertiary/aromatic N) is 3. The smallest absolute Gasteiger partial charge is 0.258 e. The number of likely N-dealkylation sites (tertiary alicyclic amines) is 2. The zero-order valence-corrected chi connectivity index (χ0v) is 22.8. The summed E-state index contributed by atoms with van der Waals surface area (Å²) in [5.41, 5.74) is 3.89. The van der Waals surface area contributed by atoms with Gasteiger partial charge in [0.25, 0.3) is 5.91 Å². The highest BCUT2D eigenvalue weighted by Crippen LogP contribution is 2.36. The molecule has 2 fully saturated rings. The maximum Gasteiger partial charge on any atom is 0.258 e. The van der Waals surface area contributed by atoms with Crippen molar-refractivity contribution in [1.29, 1.82) is 5.26 Å². The van der Waals surface area contributed by atoms with Crippen molar-refractivity contribution in [2.45, 2.75) is 57.7 Å². The van der Waals surface area contributed by atoms with Crippen molar-refractivity contribution in [2.75, 3.05) is 32.8 Å². The number of rotatable bonds is 8. The molecule has 1 atom stereocenters. The zero-order chi connectivity index (χ0) is 28.4. The molecule has 39 heavy (non-hydrogen) atoms. The number of amides is 2. The molecule has 0 bridgehead atoms. The summed E-state index contributed by atoms with van der Waals surface area (Å²) in [4.78, 5) is 29.2. The second-order valence-electron chi connectivity index (χ2n) is 11.4. The number of hydrogen-bond acceptors (Lipinski definition) is 5. The van der Waals surface area contributed by atoms with Crippen LogP contribution in [-0.4, -0.2) is 65.6 Å². The Labute approximate surface area is 228 Å². The molecule has 0 spiro atoms. The first-order chi connectivity index (χ1) is 18.4. The van der Waals surface area contributed by atoms with E-state index in [0.29, 0.717) is 43.2 Å². The van der Waals surface area contributed by atoms with E-state index in [0.717, 1.165) is 25.9 Å². The molecule has 4 rings (SSSR count). The maximum atomic E-state index is 15.2.